The van der Waals surface area contributed by atoms with Gasteiger partial charge in [-0.2, -0.15) is 0 Å². The zero-order valence-electron chi connectivity index (χ0n) is 9.05. The predicted octanol–water partition coefficient (Wildman–Crippen LogP) is 3.29. The smallest absolute Gasteiger partial charge is 0.125 e. The van der Waals surface area contributed by atoms with Gasteiger partial charge in [-0.3, -0.25) is 0 Å². The van der Waals surface area contributed by atoms with E-state index in [-0.39, 0.29) is 5.82 Å². The van der Waals surface area contributed by atoms with E-state index in [9.17, 15) is 4.39 Å². The highest BCUT2D eigenvalue weighted by Gasteiger charge is 2.04. The lowest BCUT2D eigenvalue weighted by molar-refractivity contribution is 0.577. The molecule has 2 aromatic rings. The summed E-state index contributed by atoms with van der Waals surface area (Å²) in [6.07, 6.45) is 2.02. The van der Waals surface area contributed by atoms with Gasteiger partial charge < -0.3 is 4.98 Å². The summed E-state index contributed by atoms with van der Waals surface area (Å²) in [5.41, 5.74) is 1.63. The van der Waals surface area contributed by atoms with Crippen LogP contribution in [0.25, 0.3) is 11.0 Å². The molecule has 1 N–H and O–H groups in total. The van der Waals surface area contributed by atoms with Crippen LogP contribution in [0.15, 0.2) is 18.2 Å². The number of aromatic nitrogens is 2. The number of hydrogen-bond acceptors (Lipinski definition) is 1. The summed E-state index contributed by atoms with van der Waals surface area (Å²) in [5, 5.41) is 0. The minimum Gasteiger partial charge on any atom is -0.342 e. The van der Waals surface area contributed by atoms with Gasteiger partial charge in [0.15, 0.2) is 0 Å². The van der Waals surface area contributed by atoms with E-state index in [0.717, 1.165) is 29.7 Å². The number of benzene rings is 1. The number of rotatable bonds is 3. The molecule has 0 spiro atoms. The number of nitrogens with zero attached hydrogens (tertiary/aromatic N) is 1. The molecule has 1 heterocycles. The number of halogens is 1. The summed E-state index contributed by atoms with van der Waals surface area (Å²) < 4.78 is 12.9. The molecule has 0 aliphatic rings. The first-order chi connectivity index (χ1) is 7.15. The summed E-state index contributed by atoms with van der Waals surface area (Å²) in [4.78, 5) is 7.54. The summed E-state index contributed by atoms with van der Waals surface area (Å²) in [6, 6.07) is 4.64. The molecule has 2 nitrogen and oxygen atoms in total. The first kappa shape index (κ1) is 10.1. The Labute approximate surface area is 88.5 Å². The number of hydrogen-bond donors (Lipinski definition) is 1. The van der Waals surface area contributed by atoms with Crippen molar-refractivity contribution in [3.05, 3.63) is 29.8 Å². The molecule has 80 valence electrons. The van der Waals surface area contributed by atoms with Crippen LogP contribution in [0.1, 0.15) is 26.1 Å². The molecule has 1 aromatic heterocycles. The topological polar surface area (TPSA) is 28.7 Å². The van der Waals surface area contributed by atoms with Gasteiger partial charge in [0.05, 0.1) is 11.0 Å². The Morgan fingerprint density at radius 2 is 2.20 bits per heavy atom. The monoisotopic (exact) mass is 206 g/mol. The van der Waals surface area contributed by atoms with Crippen molar-refractivity contribution >= 4 is 11.0 Å². The quantitative estimate of drug-likeness (QED) is 0.820. The SMILES string of the molecule is CC(C)CCc1nc2ccc(F)cc2[nH]1. The summed E-state index contributed by atoms with van der Waals surface area (Å²) in [7, 11) is 0. The van der Waals surface area contributed by atoms with Crippen molar-refractivity contribution in [2.75, 3.05) is 0 Å². The lowest BCUT2D eigenvalue weighted by Crippen LogP contribution is -1.93. The van der Waals surface area contributed by atoms with E-state index in [1.807, 2.05) is 0 Å². The second-order valence-corrected chi connectivity index (χ2v) is 4.28. The van der Waals surface area contributed by atoms with Gasteiger partial charge in [0.1, 0.15) is 11.6 Å². The average molecular weight is 206 g/mol. The fourth-order valence-corrected chi connectivity index (χ4v) is 1.58. The molecule has 0 amide bonds. The molecule has 0 aliphatic heterocycles. The van der Waals surface area contributed by atoms with Crippen LogP contribution in [-0.4, -0.2) is 9.97 Å². The van der Waals surface area contributed by atoms with Crippen molar-refractivity contribution < 1.29 is 4.39 Å². The van der Waals surface area contributed by atoms with Crippen molar-refractivity contribution in [3.8, 4) is 0 Å². The van der Waals surface area contributed by atoms with Crippen LogP contribution in [0.5, 0.6) is 0 Å². The molecule has 1 aromatic carbocycles. The highest BCUT2D eigenvalue weighted by molar-refractivity contribution is 5.74. The van der Waals surface area contributed by atoms with Crippen molar-refractivity contribution in [1.82, 2.24) is 9.97 Å². The Morgan fingerprint density at radius 1 is 1.40 bits per heavy atom. The first-order valence-electron chi connectivity index (χ1n) is 5.29. The Hall–Kier alpha value is -1.38. The van der Waals surface area contributed by atoms with E-state index in [0.29, 0.717) is 5.92 Å². The predicted molar refractivity (Wildman–Crippen MR) is 59.2 cm³/mol. The van der Waals surface area contributed by atoms with Gasteiger partial charge in [0, 0.05) is 6.42 Å². The van der Waals surface area contributed by atoms with E-state index >= 15 is 0 Å². The number of imidazole rings is 1. The van der Waals surface area contributed by atoms with Crippen molar-refractivity contribution in [3.63, 3.8) is 0 Å². The van der Waals surface area contributed by atoms with Crippen LogP contribution in [0.3, 0.4) is 0 Å². The third kappa shape index (κ3) is 2.35. The Kier molecular flexibility index (Phi) is 2.71. The Balaban J connectivity index is 2.23. The van der Waals surface area contributed by atoms with E-state index in [1.165, 1.54) is 12.1 Å². The molecule has 15 heavy (non-hydrogen) atoms. The maximum Gasteiger partial charge on any atom is 0.125 e. The zero-order valence-corrected chi connectivity index (χ0v) is 9.05. The fraction of sp³-hybridized carbons (Fsp3) is 0.417. The molecule has 0 atom stereocenters. The summed E-state index contributed by atoms with van der Waals surface area (Å²) >= 11 is 0. The molecule has 3 heteroatoms. The molecule has 0 bridgehead atoms. The fourth-order valence-electron chi connectivity index (χ4n) is 1.58. The van der Waals surface area contributed by atoms with Gasteiger partial charge in [-0.05, 0) is 30.5 Å². The largest absolute Gasteiger partial charge is 0.342 e. The van der Waals surface area contributed by atoms with Crippen molar-refractivity contribution in [1.29, 1.82) is 0 Å². The first-order valence-corrected chi connectivity index (χ1v) is 5.29. The molecule has 0 saturated heterocycles. The highest BCUT2D eigenvalue weighted by atomic mass is 19.1. The van der Waals surface area contributed by atoms with Crippen molar-refractivity contribution in [2.24, 2.45) is 5.92 Å². The Morgan fingerprint density at radius 3 is 2.93 bits per heavy atom. The van der Waals surface area contributed by atoms with Crippen molar-refractivity contribution in [2.45, 2.75) is 26.7 Å². The molecule has 0 aliphatic carbocycles. The van der Waals surface area contributed by atoms with Crippen LogP contribution >= 0.6 is 0 Å². The Bertz CT molecular complexity index is 460. The lowest BCUT2D eigenvalue weighted by atomic mass is 10.1. The second-order valence-electron chi connectivity index (χ2n) is 4.28. The average Bonchev–Trinajstić information content (AvgIpc) is 2.56. The van der Waals surface area contributed by atoms with Crippen LogP contribution < -0.4 is 0 Å². The minimum absolute atomic E-state index is 0.221. The van der Waals surface area contributed by atoms with E-state index in [2.05, 4.69) is 23.8 Å². The van der Waals surface area contributed by atoms with Gasteiger partial charge in [-0.15, -0.1) is 0 Å². The number of aromatic amines is 1. The minimum atomic E-state index is -0.221. The van der Waals surface area contributed by atoms with Gasteiger partial charge in [0.2, 0.25) is 0 Å². The van der Waals surface area contributed by atoms with Crippen LogP contribution in [0, 0.1) is 11.7 Å². The van der Waals surface area contributed by atoms with E-state index < -0.39 is 0 Å². The van der Waals surface area contributed by atoms with Crippen LogP contribution in [0.2, 0.25) is 0 Å². The third-order valence-corrected chi connectivity index (χ3v) is 2.45. The van der Waals surface area contributed by atoms with E-state index in [4.69, 9.17) is 0 Å². The third-order valence-electron chi connectivity index (χ3n) is 2.45. The number of H-pyrrole nitrogens is 1. The molecular weight excluding hydrogens is 191 g/mol. The standard InChI is InChI=1S/C12H15FN2/c1-8(2)3-6-12-14-10-5-4-9(13)7-11(10)15-12/h4-5,7-8H,3,6H2,1-2H3,(H,14,15). The van der Waals surface area contributed by atoms with E-state index in [1.54, 1.807) is 6.07 Å². The summed E-state index contributed by atoms with van der Waals surface area (Å²) in [6.45, 7) is 4.37. The van der Waals surface area contributed by atoms with Crippen LogP contribution in [0.4, 0.5) is 4.39 Å². The molecule has 0 fully saturated rings. The van der Waals surface area contributed by atoms with Gasteiger partial charge >= 0.3 is 0 Å². The van der Waals surface area contributed by atoms with Gasteiger partial charge in [0.25, 0.3) is 0 Å². The molecular formula is C12H15FN2. The summed E-state index contributed by atoms with van der Waals surface area (Å²) in [5.74, 6) is 1.39. The number of aryl methyl sites for hydroxylation is 1. The zero-order chi connectivity index (χ0) is 10.8. The lowest BCUT2D eigenvalue weighted by Gasteiger charge is -2.00. The normalized spacial score (nSPS) is 11.5. The molecule has 0 unspecified atom stereocenters. The highest BCUT2D eigenvalue weighted by Crippen LogP contribution is 2.14. The number of fused-ring (bicyclic) bond motifs is 1. The van der Waals surface area contributed by atoms with Gasteiger partial charge in [-0.1, -0.05) is 13.8 Å². The van der Waals surface area contributed by atoms with Gasteiger partial charge in [-0.25, -0.2) is 9.37 Å². The molecule has 0 radical (unpaired) electrons. The second kappa shape index (κ2) is 4.01. The molecule has 2 rings (SSSR count). The number of nitrogens with one attached hydrogen (secondary N) is 1. The maximum absolute atomic E-state index is 12.9. The van der Waals surface area contributed by atoms with Crippen LogP contribution in [-0.2, 0) is 6.42 Å². The molecule has 0 saturated carbocycles. The maximum atomic E-state index is 12.9.